The predicted octanol–water partition coefficient (Wildman–Crippen LogP) is 3.96. The minimum absolute atomic E-state index is 0.255. The zero-order chi connectivity index (χ0) is 13.3. The summed E-state index contributed by atoms with van der Waals surface area (Å²) in [5.74, 6) is 0.769. The van der Waals surface area contributed by atoms with Crippen molar-refractivity contribution in [3.05, 3.63) is 21.9 Å². The smallest absolute Gasteiger partial charge is 0.264 e. The van der Waals surface area contributed by atoms with Crippen LogP contribution in [0, 0.1) is 5.92 Å². The van der Waals surface area contributed by atoms with Crippen LogP contribution in [0.1, 0.15) is 55.8 Å². The molecular weight excluding hydrogens is 242 g/mol. The molecule has 1 aliphatic rings. The average Bonchev–Trinajstić information content (AvgIpc) is 3.05. The van der Waals surface area contributed by atoms with E-state index in [0.29, 0.717) is 18.0 Å². The second-order valence-corrected chi connectivity index (χ2v) is 6.47. The molecule has 100 valence electrons. The van der Waals surface area contributed by atoms with Crippen molar-refractivity contribution in [2.45, 2.75) is 59.0 Å². The summed E-state index contributed by atoms with van der Waals surface area (Å²) < 4.78 is 0. The number of carbonyl (C=O) groups is 1. The first-order valence-corrected chi connectivity index (χ1v) is 7.83. The second-order valence-electron chi connectivity index (χ2n) is 5.56. The zero-order valence-corrected chi connectivity index (χ0v) is 12.6. The Morgan fingerprint density at radius 1 is 1.44 bits per heavy atom. The van der Waals surface area contributed by atoms with E-state index in [4.69, 9.17) is 0 Å². The fraction of sp³-hybridized carbons (Fsp3) is 0.667. The summed E-state index contributed by atoms with van der Waals surface area (Å²) in [6.07, 6.45) is 3.30. The molecule has 1 unspecified atom stereocenters. The Labute approximate surface area is 114 Å². The Morgan fingerprint density at radius 3 is 2.61 bits per heavy atom. The largest absolute Gasteiger partial charge is 0.332 e. The fourth-order valence-corrected chi connectivity index (χ4v) is 3.21. The van der Waals surface area contributed by atoms with Gasteiger partial charge in [-0.2, -0.15) is 0 Å². The number of aryl methyl sites for hydroxylation is 1. The molecule has 0 bridgehead atoms. The first-order valence-electron chi connectivity index (χ1n) is 6.95. The van der Waals surface area contributed by atoms with Gasteiger partial charge in [-0.1, -0.05) is 20.8 Å². The average molecular weight is 265 g/mol. The molecule has 1 heterocycles. The van der Waals surface area contributed by atoms with E-state index < -0.39 is 0 Å². The quantitative estimate of drug-likeness (QED) is 0.789. The molecule has 0 N–H and O–H groups in total. The molecular formula is C15H23NOS. The van der Waals surface area contributed by atoms with E-state index in [1.165, 1.54) is 18.4 Å². The Balaban J connectivity index is 2.23. The van der Waals surface area contributed by atoms with Gasteiger partial charge >= 0.3 is 0 Å². The maximum Gasteiger partial charge on any atom is 0.264 e. The van der Waals surface area contributed by atoms with E-state index in [9.17, 15) is 4.79 Å². The van der Waals surface area contributed by atoms with Gasteiger partial charge in [-0.3, -0.25) is 4.79 Å². The maximum atomic E-state index is 12.7. The molecule has 0 aliphatic heterocycles. The molecule has 0 aromatic carbocycles. The maximum absolute atomic E-state index is 12.7. The molecule has 1 fully saturated rings. The number of rotatable bonds is 5. The molecule has 1 amide bonds. The Bertz CT molecular complexity index is 420. The van der Waals surface area contributed by atoms with Crippen LogP contribution in [0.15, 0.2) is 11.4 Å². The van der Waals surface area contributed by atoms with Crippen molar-refractivity contribution in [1.29, 1.82) is 0 Å². The number of nitrogens with zero attached hydrogens (tertiary/aromatic N) is 1. The van der Waals surface area contributed by atoms with Gasteiger partial charge in [0.05, 0.1) is 4.88 Å². The molecule has 1 saturated carbocycles. The SMILES string of the molecule is CCc1ccsc1C(=O)N(C1CC1)C(C)C(C)C. The highest BCUT2D eigenvalue weighted by Crippen LogP contribution is 2.33. The number of hydrogen-bond donors (Lipinski definition) is 0. The second kappa shape index (κ2) is 5.43. The van der Waals surface area contributed by atoms with Crippen molar-refractivity contribution in [1.82, 2.24) is 4.90 Å². The Hall–Kier alpha value is -0.830. The first kappa shape index (κ1) is 13.6. The van der Waals surface area contributed by atoms with E-state index >= 15 is 0 Å². The van der Waals surface area contributed by atoms with Gasteiger partial charge in [0.2, 0.25) is 0 Å². The van der Waals surface area contributed by atoms with Gasteiger partial charge in [-0.15, -0.1) is 11.3 Å². The summed E-state index contributed by atoms with van der Waals surface area (Å²) in [5.41, 5.74) is 1.20. The standard InChI is InChI=1S/C15H23NOS/c1-5-12-8-9-18-14(12)15(17)16(13-6-7-13)11(4)10(2)3/h8-11,13H,5-7H2,1-4H3. The van der Waals surface area contributed by atoms with Crippen LogP contribution in [0.4, 0.5) is 0 Å². The van der Waals surface area contributed by atoms with Crippen molar-refractivity contribution in [3.8, 4) is 0 Å². The van der Waals surface area contributed by atoms with E-state index in [1.807, 2.05) is 5.38 Å². The van der Waals surface area contributed by atoms with Gasteiger partial charge in [0, 0.05) is 12.1 Å². The van der Waals surface area contributed by atoms with Crippen LogP contribution >= 0.6 is 11.3 Å². The Kier molecular flexibility index (Phi) is 4.10. The monoisotopic (exact) mass is 265 g/mol. The number of hydrogen-bond acceptors (Lipinski definition) is 2. The summed E-state index contributed by atoms with van der Waals surface area (Å²) in [6, 6.07) is 2.90. The van der Waals surface area contributed by atoms with Gasteiger partial charge < -0.3 is 4.90 Å². The molecule has 1 aliphatic carbocycles. The summed E-state index contributed by atoms with van der Waals surface area (Å²) in [5, 5.41) is 2.04. The zero-order valence-electron chi connectivity index (χ0n) is 11.8. The van der Waals surface area contributed by atoms with Crippen molar-refractivity contribution >= 4 is 17.2 Å². The summed E-state index contributed by atoms with van der Waals surface area (Å²) >= 11 is 1.59. The number of carbonyl (C=O) groups excluding carboxylic acids is 1. The first-order chi connectivity index (χ1) is 8.56. The van der Waals surface area contributed by atoms with Crippen LogP contribution < -0.4 is 0 Å². The number of thiophene rings is 1. The molecule has 1 atom stereocenters. The lowest BCUT2D eigenvalue weighted by Crippen LogP contribution is -2.43. The van der Waals surface area contributed by atoms with Crippen molar-refractivity contribution in [2.24, 2.45) is 5.92 Å². The third-order valence-corrected chi connectivity index (χ3v) is 4.84. The fourth-order valence-electron chi connectivity index (χ4n) is 2.28. The third-order valence-electron chi connectivity index (χ3n) is 3.90. The van der Waals surface area contributed by atoms with Crippen LogP contribution in [0.25, 0.3) is 0 Å². The van der Waals surface area contributed by atoms with Gasteiger partial charge in [0.25, 0.3) is 5.91 Å². The molecule has 1 aromatic rings. The van der Waals surface area contributed by atoms with E-state index in [1.54, 1.807) is 11.3 Å². The minimum Gasteiger partial charge on any atom is -0.332 e. The Morgan fingerprint density at radius 2 is 2.11 bits per heavy atom. The van der Waals surface area contributed by atoms with E-state index in [2.05, 4.69) is 38.7 Å². The third kappa shape index (κ3) is 2.61. The van der Waals surface area contributed by atoms with Crippen molar-refractivity contribution in [2.75, 3.05) is 0 Å². The lowest BCUT2D eigenvalue weighted by Gasteiger charge is -2.32. The molecule has 0 radical (unpaired) electrons. The lowest BCUT2D eigenvalue weighted by molar-refractivity contribution is 0.0632. The molecule has 18 heavy (non-hydrogen) atoms. The molecule has 2 nitrogen and oxygen atoms in total. The van der Waals surface area contributed by atoms with E-state index in [-0.39, 0.29) is 5.91 Å². The lowest BCUT2D eigenvalue weighted by atomic mass is 10.0. The van der Waals surface area contributed by atoms with Crippen LogP contribution in [-0.2, 0) is 6.42 Å². The molecule has 1 aromatic heterocycles. The molecule has 0 spiro atoms. The number of amides is 1. The van der Waals surface area contributed by atoms with Crippen LogP contribution in [0.5, 0.6) is 0 Å². The topological polar surface area (TPSA) is 20.3 Å². The van der Waals surface area contributed by atoms with Crippen LogP contribution in [-0.4, -0.2) is 22.9 Å². The highest BCUT2D eigenvalue weighted by Gasteiger charge is 2.37. The molecule has 2 rings (SSSR count). The van der Waals surface area contributed by atoms with Gasteiger partial charge in [-0.05, 0) is 49.1 Å². The van der Waals surface area contributed by atoms with Crippen LogP contribution in [0.2, 0.25) is 0 Å². The van der Waals surface area contributed by atoms with Gasteiger partial charge in [0.1, 0.15) is 0 Å². The minimum atomic E-state index is 0.255. The van der Waals surface area contributed by atoms with E-state index in [0.717, 1.165) is 11.3 Å². The predicted molar refractivity (Wildman–Crippen MR) is 77.2 cm³/mol. The van der Waals surface area contributed by atoms with Crippen LogP contribution in [0.3, 0.4) is 0 Å². The van der Waals surface area contributed by atoms with Crippen molar-refractivity contribution in [3.63, 3.8) is 0 Å². The highest BCUT2D eigenvalue weighted by molar-refractivity contribution is 7.12. The highest BCUT2D eigenvalue weighted by atomic mass is 32.1. The summed E-state index contributed by atoms with van der Waals surface area (Å²) in [7, 11) is 0. The normalized spacial score (nSPS) is 16.9. The summed E-state index contributed by atoms with van der Waals surface area (Å²) in [6.45, 7) is 8.69. The van der Waals surface area contributed by atoms with Gasteiger partial charge in [-0.25, -0.2) is 0 Å². The molecule has 3 heteroatoms. The summed E-state index contributed by atoms with van der Waals surface area (Å²) in [4.78, 5) is 15.8. The molecule has 0 saturated heterocycles. The van der Waals surface area contributed by atoms with Crippen molar-refractivity contribution < 1.29 is 4.79 Å². The van der Waals surface area contributed by atoms with Gasteiger partial charge in [0.15, 0.2) is 0 Å².